The molecule has 0 amide bonds. The standard InChI is InChI=1S/C32H42O/c1-25(2)9-7-11-27(5)13-15-29-17-21-31(22-18-29)33-32-23-19-30(20-24-32)16-14-28(6)12-8-10-26(3)4/h9-10,13-14,17-24H,7-8,11-12,15-16H2,1-6H3/b27-13+,28-14+. The zero-order chi connectivity index (χ0) is 24.1. The fourth-order valence-electron chi connectivity index (χ4n) is 3.49. The summed E-state index contributed by atoms with van der Waals surface area (Å²) in [5.74, 6) is 1.76. The molecule has 0 fully saturated rings. The molecule has 0 saturated carbocycles. The van der Waals surface area contributed by atoms with E-state index in [4.69, 9.17) is 4.74 Å². The lowest BCUT2D eigenvalue weighted by Crippen LogP contribution is -1.88. The Hall–Kier alpha value is -2.80. The van der Waals surface area contributed by atoms with Gasteiger partial charge in [-0.05, 0) is 115 Å². The molecule has 0 atom stereocenters. The number of benzene rings is 2. The first-order valence-electron chi connectivity index (χ1n) is 12.3. The minimum atomic E-state index is 0.880. The van der Waals surface area contributed by atoms with Crippen LogP contribution >= 0.6 is 0 Å². The van der Waals surface area contributed by atoms with E-state index in [1.54, 1.807) is 0 Å². The van der Waals surface area contributed by atoms with Crippen LogP contribution in [0.15, 0.2) is 95.1 Å². The van der Waals surface area contributed by atoms with Crippen LogP contribution in [0.25, 0.3) is 0 Å². The highest BCUT2D eigenvalue weighted by Crippen LogP contribution is 2.23. The molecule has 0 heterocycles. The van der Waals surface area contributed by atoms with E-state index in [2.05, 4.69) is 114 Å². The predicted octanol–water partition coefficient (Wildman–Crippen LogP) is 9.95. The SMILES string of the molecule is CC(C)=CCC/C(C)=C/Cc1ccc(Oc2ccc(C/C=C(\C)CCC=C(C)C)cc2)cc1. The molecular formula is C32H42O. The molecule has 0 saturated heterocycles. The van der Waals surface area contributed by atoms with Gasteiger partial charge in [0.1, 0.15) is 11.5 Å². The summed E-state index contributed by atoms with van der Waals surface area (Å²) in [5, 5.41) is 0. The molecule has 0 unspecified atom stereocenters. The molecule has 0 spiro atoms. The van der Waals surface area contributed by atoms with Crippen LogP contribution in [0.3, 0.4) is 0 Å². The lowest BCUT2D eigenvalue weighted by molar-refractivity contribution is 0.482. The summed E-state index contributed by atoms with van der Waals surface area (Å²) in [6.07, 6.45) is 15.7. The molecule has 0 aromatic heterocycles. The van der Waals surface area contributed by atoms with Crippen LogP contribution in [0.4, 0.5) is 0 Å². The van der Waals surface area contributed by atoms with Crippen molar-refractivity contribution in [2.45, 2.75) is 80.1 Å². The van der Waals surface area contributed by atoms with E-state index in [1.165, 1.54) is 33.4 Å². The van der Waals surface area contributed by atoms with Gasteiger partial charge in [0.2, 0.25) is 0 Å². The first-order valence-corrected chi connectivity index (χ1v) is 12.3. The van der Waals surface area contributed by atoms with Crippen molar-refractivity contribution in [1.82, 2.24) is 0 Å². The van der Waals surface area contributed by atoms with Gasteiger partial charge in [-0.3, -0.25) is 0 Å². The summed E-state index contributed by atoms with van der Waals surface area (Å²) in [7, 11) is 0. The van der Waals surface area contributed by atoms with Crippen molar-refractivity contribution in [2.75, 3.05) is 0 Å². The van der Waals surface area contributed by atoms with E-state index < -0.39 is 0 Å². The Morgan fingerprint density at radius 1 is 0.545 bits per heavy atom. The average Bonchev–Trinajstić information content (AvgIpc) is 2.77. The zero-order valence-electron chi connectivity index (χ0n) is 21.6. The van der Waals surface area contributed by atoms with Gasteiger partial charge in [0.05, 0.1) is 0 Å². The molecule has 33 heavy (non-hydrogen) atoms. The quantitative estimate of drug-likeness (QED) is 0.297. The molecule has 1 heteroatoms. The van der Waals surface area contributed by atoms with Gasteiger partial charge in [0, 0.05) is 0 Å². The summed E-state index contributed by atoms with van der Waals surface area (Å²) in [6.45, 7) is 13.1. The monoisotopic (exact) mass is 442 g/mol. The van der Waals surface area contributed by atoms with E-state index in [-0.39, 0.29) is 0 Å². The summed E-state index contributed by atoms with van der Waals surface area (Å²) in [6, 6.07) is 16.9. The van der Waals surface area contributed by atoms with Gasteiger partial charge >= 0.3 is 0 Å². The minimum Gasteiger partial charge on any atom is -0.457 e. The van der Waals surface area contributed by atoms with Crippen molar-refractivity contribution in [2.24, 2.45) is 0 Å². The number of allylic oxidation sites excluding steroid dienone is 8. The molecule has 0 aliphatic carbocycles. The first-order chi connectivity index (χ1) is 15.8. The maximum Gasteiger partial charge on any atom is 0.127 e. The molecule has 176 valence electrons. The fraction of sp³-hybridized carbons (Fsp3) is 0.375. The maximum absolute atomic E-state index is 6.05. The van der Waals surface area contributed by atoms with Crippen LogP contribution < -0.4 is 4.74 Å². The second-order valence-corrected chi connectivity index (χ2v) is 9.54. The van der Waals surface area contributed by atoms with E-state index in [0.29, 0.717) is 0 Å². The Morgan fingerprint density at radius 2 is 0.909 bits per heavy atom. The molecule has 0 bridgehead atoms. The van der Waals surface area contributed by atoms with Crippen LogP contribution in [-0.4, -0.2) is 0 Å². The molecule has 2 aromatic carbocycles. The van der Waals surface area contributed by atoms with E-state index in [1.807, 2.05) is 0 Å². The molecular weight excluding hydrogens is 400 g/mol. The highest BCUT2D eigenvalue weighted by molar-refractivity contribution is 5.35. The molecule has 0 aliphatic heterocycles. The number of rotatable bonds is 12. The topological polar surface area (TPSA) is 9.23 Å². The number of hydrogen-bond donors (Lipinski definition) is 0. The summed E-state index contributed by atoms with van der Waals surface area (Å²) in [4.78, 5) is 0. The smallest absolute Gasteiger partial charge is 0.127 e. The highest BCUT2D eigenvalue weighted by Gasteiger charge is 2.00. The summed E-state index contributed by atoms with van der Waals surface area (Å²) in [5.41, 5.74) is 8.31. The van der Waals surface area contributed by atoms with Crippen molar-refractivity contribution in [3.63, 3.8) is 0 Å². The minimum absolute atomic E-state index is 0.880. The maximum atomic E-state index is 6.05. The van der Waals surface area contributed by atoms with Crippen LogP contribution in [-0.2, 0) is 12.8 Å². The Kier molecular flexibility index (Phi) is 11.5. The molecule has 2 aromatic rings. The third-order valence-electron chi connectivity index (χ3n) is 5.64. The normalized spacial score (nSPS) is 11.8. The van der Waals surface area contributed by atoms with E-state index >= 15 is 0 Å². The van der Waals surface area contributed by atoms with Crippen molar-refractivity contribution < 1.29 is 4.74 Å². The zero-order valence-corrected chi connectivity index (χ0v) is 21.6. The summed E-state index contributed by atoms with van der Waals surface area (Å²) < 4.78 is 6.05. The third kappa shape index (κ3) is 11.6. The van der Waals surface area contributed by atoms with Crippen molar-refractivity contribution in [1.29, 1.82) is 0 Å². The van der Waals surface area contributed by atoms with Gasteiger partial charge in [0.15, 0.2) is 0 Å². The lowest BCUT2D eigenvalue weighted by atomic mass is 10.1. The van der Waals surface area contributed by atoms with E-state index in [9.17, 15) is 0 Å². The Bertz CT molecular complexity index is 877. The molecule has 1 nitrogen and oxygen atoms in total. The third-order valence-corrected chi connectivity index (χ3v) is 5.64. The molecule has 2 rings (SSSR count). The second-order valence-electron chi connectivity index (χ2n) is 9.54. The van der Waals surface area contributed by atoms with Gasteiger partial charge in [-0.15, -0.1) is 0 Å². The van der Waals surface area contributed by atoms with Crippen molar-refractivity contribution >= 4 is 0 Å². The van der Waals surface area contributed by atoms with Gasteiger partial charge in [-0.1, -0.05) is 70.9 Å². The molecule has 0 N–H and O–H groups in total. The van der Waals surface area contributed by atoms with Crippen LogP contribution in [0.2, 0.25) is 0 Å². The Labute approximate surface area is 202 Å². The van der Waals surface area contributed by atoms with Gasteiger partial charge in [-0.2, -0.15) is 0 Å². The first kappa shape index (κ1) is 26.5. The highest BCUT2D eigenvalue weighted by atomic mass is 16.5. The number of ether oxygens (including phenoxy) is 1. The van der Waals surface area contributed by atoms with Crippen molar-refractivity contribution in [3.05, 3.63) is 106 Å². The predicted molar refractivity (Wildman–Crippen MR) is 145 cm³/mol. The van der Waals surface area contributed by atoms with Gasteiger partial charge in [0.25, 0.3) is 0 Å². The van der Waals surface area contributed by atoms with Crippen LogP contribution in [0.1, 0.15) is 78.4 Å². The van der Waals surface area contributed by atoms with Crippen LogP contribution in [0.5, 0.6) is 11.5 Å². The number of hydrogen-bond acceptors (Lipinski definition) is 1. The van der Waals surface area contributed by atoms with Gasteiger partial charge < -0.3 is 4.74 Å². The average molecular weight is 443 g/mol. The lowest BCUT2D eigenvalue weighted by Gasteiger charge is -2.08. The molecule has 0 aliphatic rings. The van der Waals surface area contributed by atoms with Gasteiger partial charge in [-0.25, -0.2) is 0 Å². The largest absolute Gasteiger partial charge is 0.457 e. The summed E-state index contributed by atoms with van der Waals surface area (Å²) >= 11 is 0. The second kappa shape index (κ2) is 14.4. The Balaban J connectivity index is 1.82. The fourth-order valence-corrected chi connectivity index (χ4v) is 3.49. The Morgan fingerprint density at radius 3 is 1.24 bits per heavy atom. The van der Waals surface area contributed by atoms with Crippen molar-refractivity contribution in [3.8, 4) is 11.5 Å². The molecule has 0 radical (unpaired) electrons. The van der Waals surface area contributed by atoms with E-state index in [0.717, 1.165) is 50.0 Å². The van der Waals surface area contributed by atoms with Crippen LogP contribution in [0, 0.1) is 0 Å².